The molecule has 0 unspecified atom stereocenters. The number of aryl methyl sites for hydroxylation is 1. The van der Waals surface area contributed by atoms with Crippen LogP contribution >= 0.6 is 0 Å². The predicted octanol–water partition coefficient (Wildman–Crippen LogP) is 3.67. The van der Waals surface area contributed by atoms with E-state index < -0.39 is 0 Å². The summed E-state index contributed by atoms with van der Waals surface area (Å²) in [6.45, 7) is 0.662. The van der Waals surface area contributed by atoms with Crippen molar-refractivity contribution >= 4 is 5.78 Å². The first kappa shape index (κ1) is 14.3. The molecule has 3 rings (SSSR count). The Morgan fingerprint density at radius 3 is 2.05 bits per heavy atom. The number of carbonyl (C=O) groups excluding carboxylic acids is 1. The molecule has 3 nitrogen and oxygen atoms in total. The maximum Gasteiger partial charge on any atom is 0.146 e. The van der Waals surface area contributed by atoms with Gasteiger partial charge in [0.25, 0.3) is 0 Å². The van der Waals surface area contributed by atoms with Crippen LogP contribution in [0.3, 0.4) is 0 Å². The van der Waals surface area contributed by atoms with Gasteiger partial charge in [0, 0.05) is 25.4 Å². The van der Waals surface area contributed by atoms with Crippen LogP contribution in [-0.2, 0) is 11.3 Å². The summed E-state index contributed by atoms with van der Waals surface area (Å²) in [5, 5.41) is 0. The maximum absolute atomic E-state index is 12.8. The van der Waals surface area contributed by atoms with E-state index in [1.165, 1.54) is 0 Å². The highest BCUT2D eigenvalue weighted by Gasteiger charge is 2.21. The van der Waals surface area contributed by atoms with Gasteiger partial charge in [0.05, 0.1) is 12.2 Å². The Hall–Kier alpha value is -2.68. The van der Waals surface area contributed by atoms with Crippen LogP contribution in [0.5, 0.6) is 0 Å². The number of carbonyl (C=O) groups is 1. The van der Waals surface area contributed by atoms with Gasteiger partial charge in [-0.15, -0.1) is 0 Å². The molecule has 1 aromatic heterocycles. The third kappa shape index (κ3) is 3.31. The van der Waals surface area contributed by atoms with Crippen LogP contribution in [0, 0.1) is 0 Å². The molecule has 0 amide bonds. The lowest BCUT2D eigenvalue weighted by Crippen LogP contribution is -2.16. The van der Waals surface area contributed by atoms with Gasteiger partial charge in [0.15, 0.2) is 0 Å². The van der Waals surface area contributed by atoms with Crippen molar-refractivity contribution in [1.29, 1.82) is 0 Å². The number of hydrogen-bond acceptors (Lipinski definition) is 2. The molecule has 22 heavy (non-hydrogen) atoms. The summed E-state index contributed by atoms with van der Waals surface area (Å²) < 4.78 is 1.94. The van der Waals surface area contributed by atoms with E-state index in [0.717, 1.165) is 11.1 Å². The number of Topliss-reactive ketones (excluding diaryl/α,β-unsaturated/α-hetero) is 1. The van der Waals surface area contributed by atoms with E-state index in [4.69, 9.17) is 0 Å². The number of nitrogens with zero attached hydrogens (tertiary/aromatic N) is 2. The van der Waals surface area contributed by atoms with Crippen LogP contribution in [0.15, 0.2) is 79.4 Å². The second-order valence-electron chi connectivity index (χ2n) is 5.27. The summed E-state index contributed by atoms with van der Waals surface area (Å²) >= 11 is 0. The van der Waals surface area contributed by atoms with Gasteiger partial charge < -0.3 is 4.57 Å². The standard InChI is InChI=1S/C19H18N2O/c22-18(11-13-21-14-12-20-15-21)19(16-7-3-1-4-8-16)17-9-5-2-6-10-17/h1-10,12,14-15,19H,11,13H2. The lowest BCUT2D eigenvalue weighted by molar-refractivity contribution is -0.119. The van der Waals surface area contributed by atoms with Crippen molar-refractivity contribution in [2.24, 2.45) is 0 Å². The number of benzene rings is 2. The molecule has 2 aromatic carbocycles. The second kappa shape index (κ2) is 6.85. The fraction of sp³-hybridized carbons (Fsp3) is 0.158. The lowest BCUT2D eigenvalue weighted by atomic mass is 9.86. The molecule has 110 valence electrons. The molecule has 3 aromatic rings. The maximum atomic E-state index is 12.8. The summed E-state index contributed by atoms with van der Waals surface area (Å²) in [5.74, 6) is 0.0250. The van der Waals surface area contributed by atoms with Crippen LogP contribution in [0.2, 0.25) is 0 Å². The zero-order valence-corrected chi connectivity index (χ0v) is 12.3. The van der Waals surface area contributed by atoms with Crippen LogP contribution in [-0.4, -0.2) is 15.3 Å². The largest absolute Gasteiger partial charge is 0.337 e. The zero-order valence-electron chi connectivity index (χ0n) is 12.3. The fourth-order valence-corrected chi connectivity index (χ4v) is 2.66. The Kier molecular flexibility index (Phi) is 4.44. The summed E-state index contributed by atoms with van der Waals surface area (Å²) in [7, 11) is 0. The molecule has 0 saturated heterocycles. The van der Waals surface area contributed by atoms with Gasteiger partial charge in [-0.2, -0.15) is 0 Å². The molecular formula is C19H18N2O. The van der Waals surface area contributed by atoms with Crippen LogP contribution in [0.4, 0.5) is 0 Å². The molecule has 0 radical (unpaired) electrons. The van der Waals surface area contributed by atoms with E-state index in [-0.39, 0.29) is 11.7 Å². The summed E-state index contributed by atoms with van der Waals surface area (Å²) in [6, 6.07) is 20.0. The molecule has 0 fully saturated rings. The van der Waals surface area contributed by atoms with Crippen molar-refractivity contribution in [3.8, 4) is 0 Å². The SMILES string of the molecule is O=C(CCn1ccnc1)C(c1ccccc1)c1ccccc1. The number of ketones is 1. The summed E-state index contributed by atoms with van der Waals surface area (Å²) in [4.78, 5) is 16.8. The smallest absolute Gasteiger partial charge is 0.146 e. The van der Waals surface area contributed by atoms with Crippen LogP contribution < -0.4 is 0 Å². The van der Waals surface area contributed by atoms with Crippen LogP contribution in [0.25, 0.3) is 0 Å². The van der Waals surface area contributed by atoms with Gasteiger partial charge in [0.1, 0.15) is 5.78 Å². The predicted molar refractivity (Wildman–Crippen MR) is 86.6 cm³/mol. The minimum Gasteiger partial charge on any atom is -0.337 e. The van der Waals surface area contributed by atoms with Crippen molar-refractivity contribution in [2.75, 3.05) is 0 Å². The zero-order chi connectivity index (χ0) is 15.2. The number of rotatable bonds is 6. The molecule has 0 N–H and O–H groups in total. The molecule has 0 aliphatic carbocycles. The molecule has 1 heterocycles. The van der Waals surface area contributed by atoms with E-state index in [9.17, 15) is 4.79 Å². The van der Waals surface area contributed by atoms with E-state index in [1.54, 1.807) is 12.5 Å². The van der Waals surface area contributed by atoms with E-state index in [0.29, 0.717) is 13.0 Å². The summed E-state index contributed by atoms with van der Waals surface area (Å²) in [6.07, 6.45) is 5.85. The molecule has 0 spiro atoms. The van der Waals surface area contributed by atoms with Gasteiger partial charge in [0.2, 0.25) is 0 Å². The summed E-state index contributed by atoms with van der Waals surface area (Å²) in [5.41, 5.74) is 2.09. The quantitative estimate of drug-likeness (QED) is 0.694. The average Bonchev–Trinajstić information content (AvgIpc) is 3.09. The molecule has 0 aliphatic heterocycles. The van der Waals surface area contributed by atoms with Crippen molar-refractivity contribution < 1.29 is 4.79 Å². The fourth-order valence-electron chi connectivity index (χ4n) is 2.66. The Morgan fingerprint density at radius 1 is 0.955 bits per heavy atom. The van der Waals surface area contributed by atoms with Crippen molar-refractivity contribution in [3.05, 3.63) is 90.5 Å². The van der Waals surface area contributed by atoms with Crippen LogP contribution in [0.1, 0.15) is 23.5 Å². The highest BCUT2D eigenvalue weighted by Crippen LogP contribution is 2.26. The van der Waals surface area contributed by atoms with Gasteiger partial charge in [-0.05, 0) is 11.1 Å². The molecule has 0 atom stereocenters. The average molecular weight is 290 g/mol. The minimum absolute atomic E-state index is 0.203. The first-order valence-corrected chi connectivity index (χ1v) is 7.43. The van der Waals surface area contributed by atoms with E-state index in [2.05, 4.69) is 4.98 Å². The van der Waals surface area contributed by atoms with Crippen molar-refractivity contribution in [1.82, 2.24) is 9.55 Å². The molecule has 0 bridgehead atoms. The third-order valence-electron chi connectivity index (χ3n) is 3.76. The Morgan fingerprint density at radius 2 is 1.55 bits per heavy atom. The first-order chi connectivity index (χ1) is 10.8. The lowest BCUT2D eigenvalue weighted by Gasteiger charge is -2.17. The Balaban J connectivity index is 1.83. The first-order valence-electron chi connectivity index (χ1n) is 7.43. The molecule has 3 heteroatoms. The van der Waals surface area contributed by atoms with Crippen molar-refractivity contribution in [3.63, 3.8) is 0 Å². The number of hydrogen-bond donors (Lipinski definition) is 0. The topological polar surface area (TPSA) is 34.9 Å². The van der Waals surface area contributed by atoms with E-state index in [1.807, 2.05) is 71.4 Å². The van der Waals surface area contributed by atoms with Gasteiger partial charge in [-0.3, -0.25) is 4.79 Å². The Bertz CT molecular complexity index is 666. The van der Waals surface area contributed by atoms with Gasteiger partial charge in [-0.25, -0.2) is 4.98 Å². The molecule has 0 saturated carbocycles. The highest BCUT2D eigenvalue weighted by atomic mass is 16.1. The Labute approximate surface area is 130 Å². The monoisotopic (exact) mass is 290 g/mol. The number of imidazole rings is 1. The second-order valence-corrected chi connectivity index (χ2v) is 5.27. The third-order valence-corrected chi connectivity index (χ3v) is 3.76. The van der Waals surface area contributed by atoms with Crippen molar-refractivity contribution in [2.45, 2.75) is 18.9 Å². The van der Waals surface area contributed by atoms with Gasteiger partial charge >= 0.3 is 0 Å². The molecular weight excluding hydrogens is 272 g/mol. The van der Waals surface area contributed by atoms with E-state index >= 15 is 0 Å². The highest BCUT2D eigenvalue weighted by molar-refractivity contribution is 5.89. The molecule has 0 aliphatic rings. The normalized spacial score (nSPS) is 10.8. The number of aromatic nitrogens is 2. The minimum atomic E-state index is -0.203. The van der Waals surface area contributed by atoms with Gasteiger partial charge in [-0.1, -0.05) is 60.7 Å².